The van der Waals surface area contributed by atoms with Gasteiger partial charge in [0.05, 0.1) is 4.90 Å². The molecule has 1 heterocycles. The predicted molar refractivity (Wildman–Crippen MR) is 73.9 cm³/mol. The van der Waals surface area contributed by atoms with Gasteiger partial charge in [0.1, 0.15) is 5.82 Å². The van der Waals surface area contributed by atoms with Crippen LogP contribution in [0.2, 0.25) is 0 Å². The molecule has 0 amide bonds. The Morgan fingerprint density at radius 2 is 2.00 bits per heavy atom. The molecule has 94 valence electrons. The van der Waals surface area contributed by atoms with E-state index in [1.807, 2.05) is 13.0 Å². The van der Waals surface area contributed by atoms with E-state index in [0.717, 1.165) is 10.0 Å². The third-order valence-electron chi connectivity index (χ3n) is 2.26. The summed E-state index contributed by atoms with van der Waals surface area (Å²) >= 11 is 3.26. The van der Waals surface area contributed by atoms with Gasteiger partial charge in [-0.15, -0.1) is 0 Å². The Hall–Kier alpha value is -1.40. The van der Waals surface area contributed by atoms with Gasteiger partial charge >= 0.3 is 0 Å². The molecule has 0 atom stereocenters. The Morgan fingerprint density at radius 1 is 1.22 bits per heavy atom. The molecule has 0 aliphatic heterocycles. The third kappa shape index (κ3) is 3.08. The highest BCUT2D eigenvalue weighted by molar-refractivity contribution is 9.10. The zero-order valence-corrected chi connectivity index (χ0v) is 12.0. The van der Waals surface area contributed by atoms with Crippen LogP contribution in [0.1, 0.15) is 5.56 Å². The van der Waals surface area contributed by atoms with Crippen LogP contribution >= 0.6 is 15.9 Å². The maximum absolute atomic E-state index is 12.1. The van der Waals surface area contributed by atoms with Gasteiger partial charge in [-0.3, -0.25) is 4.72 Å². The molecular formula is C12H11BrN2O2S. The number of halogens is 1. The summed E-state index contributed by atoms with van der Waals surface area (Å²) in [5.74, 6) is 0.283. The van der Waals surface area contributed by atoms with E-state index in [-0.39, 0.29) is 10.7 Å². The number of aromatic nitrogens is 1. The van der Waals surface area contributed by atoms with Gasteiger partial charge in [-0.2, -0.15) is 0 Å². The van der Waals surface area contributed by atoms with Crippen LogP contribution in [0.5, 0.6) is 0 Å². The molecular weight excluding hydrogens is 316 g/mol. The summed E-state index contributed by atoms with van der Waals surface area (Å²) in [6.45, 7) is 1.84. The van der Waals surface area contributed by atoms with Crippen LogP contribution in [-0.2, 0) is 10.0 Å². The zero-order chi connectivity index (χ0) is 13.2. The van der Waals surface area contributed by atoms with Crippen LogP contribution in [0.25, 0.3) is 0 Å². The number of pyridine rings is 1. The van der Waals surface area contributed by atoms with Crippen LogP contribution < -0.4 is 4.72 Å². The van der Waals surface area contributed by atoms with Crippen molar-refractivity contribution in [3.05, 3.63) is 52.6 Å². The molecule has 0 saturated carbocycles. The van der Waals surface area contributed by atoms with Gasteiger partial charge in [0, 0.05) is 10.7 Å². The molecule has 2 rings (SSSR count). The second-order valence-electron chi connectivity index (χ2n) is 3.78. The summed E-state index contributed by atoms with van der Waals surface area (Å²) in [6.07, 6.45) is 1.53. The molecule has 6 heteroatoms. The lowest BCUT2D eigenvalue weighted by Crippen LogP contribution is -2.13. The second kappa shape index (κ2) is 5.07. The van der Waals surface area contributed by atoms with Gasteiger partial charge in [0.2, 0.25) is 0 Å². The van der Waals surface area contributed by atoms with Crippen molar-refractivity contribution in [3.63, 3.8) is 0 Å². The monoisotopic (exact) mass is 326 g/mol. The minimum atomic E-state index is -3.59. The molecule has 0 spiro atoms. The van der Waals surface area contributed by atoms with E-state index in [1.54, 1.807) is 30.3 Å². The molecule has 2 aromatic rings. The number of nitrogens with one attached hydrogen (secondary N) is 1. The Balaban J connectivity index is 2.33. The van der Waals surface area contributed by atoms with Crippen molar-refractivity contribution >= 4 is 31.8 Å². The molecule has 0 bridgehead atoms. The van der Waals surface area contributed by atoms with Gasteiger partial charge in [0.15, 0.2) is 0 Å². The lowest BCUT2D eigenvalue weighted by atomic mass is 10.2. The number of hydrogen-bond acceptors (Lipinski definition) is 3. The average Bonchev–Trinajstić information content (AvgIpc) is 2.28. The second-order valence-corrected chi connectivity index (χ2v) is 6.38. The summed E-state index contributed by atoms with van der Waals surface area (Å²) in [5.41, 5.74) is 0.889. The maximum atomic E-state index is 12.1. The van der Waals surface area contributed by atoms with Gasteiger partial charge in [-0.05, 0) is 36.8 Å². The minimum absolute atomic E-state index is 0.226. The topological polar surface area (TPSA) is 59.1 Å². The number of aryl methyl sites for hydroxylation is 1. The molecule has 1 aromatic carbocycles. The van der Waals surface area contributed by atoms with E-state index >= 15 is 0 Å². The fourth-order valence-electron chi connectivity index (χ4n) is 1.44. The highest BCUT2D eigenvalue weighted by Gasteiger charge is 2.14. The molecule has 1 N–H and O–H groups in total. The average molecular weight is 327 g/mol. The smallest absolute Gasteiger partial charge is 0.263 e. The fourth-order valence-corrected chi connectivity index (χ4v) is 2.88. The molecule has 0 saturated heterocycles. The van der Waals surface area contributed by atoms with Crippen molar-refractivity contribution < 1.29 is 8.42 Å². The lowest BCUT2D eigenvalue weighted by Gasteiger charge is -2.07. The van der Waals surface area contributed by atoms with Crippen molar-refractivity contribution in [3.8, 4) is 0 Å². The normalized spacial score (nSPS) is 11.2. The highest BCUT2D eigenvalue weighted by Crippen LogP contribution is 2.18. The molecule has 0 unspecified atom stereocenters. The number of nitrogens with zero attached hydrogens (tertiary/aromatic N) is 1. The van der Waals surface area contributed by atoms with Gasteiger partial charge in [-0.25, -0.2) is 13.4 Å². The molecule has 0 aliphatic carbocycles. The molecule has 18 heavy (non-hydrogen) atoms. The van der Waals surface area contributed by atoms with Gasteiger partial charge in [-0.1, -0.05) is 28.1 Å². The van der Waals surface area contributed by atoms with Crippen LogP contribution in [0.3, 0.4) is 0 Å². The van der Waals surface area contributed by atoms with E-state index in [4.69, 9.17) is 0 Å². The van der Waals surface area contributed by atoms with Crippen LogP contribution in [-0.4, -0.2) is 13.4 Å². The number of rotatable bonds is 3. The number of hydrogen-bond donors (Lipinski definition) is 1. The van der Waals surface area contributed by atoms with Crippen molar-refractivity contribution in [2.75, 3.05) is 4.72 Å². The standard InChI is InChI=1S/C12H11BrN2O2S/c1-9-3-2-4-11(7-9)18(16,17)15-12-8-10(13)5-6-14-12/h2-8H,1H3,(H,14,15). The number of benzene rings is 1. The van der Waals surface area contributed by atoms with E-state index < -0.39 is 10.0 Å². The van der Waals surface area contributed by atoms with E-state index in [0.29, 0.717) is 0 Å². The Bertz CT molecular complexity index is 671. The maximum Gasteiger partial charge on any atom is 0.263 e. The van der Waals surface area contributed by atoms with Crippen LogP contribution in [0, 0.1) is 6.92 Å². The van der Waals surface area contributed by atoms with Crippen molar-refractivity contribution in [2.45, 2.75) is 11.8 Å². The molecule has 0 fully saturated rings. The SMILES string of the molecule is Cc1cccc(S(=O)(=O)Nc2cc(Br)ccn2)c1. The zero-order valence-electron chi connectivity index (χ0n) is 9.59. The first-order valence-electron chi connectivity index (χ1n) is 5.18. The summed E-state index contributed by atoms with van der Waals surface area (Å²) < 4.78 is 27.4. The Morgan fingerprint density at radius 3 is 2.67 bits per heavy atom. The fraction of sp³-hybridized carbons (Fsp3) is 0.0833. The van der Waals surface area contributed by atoms with E-state index in [9.17, 15) is 8.42 Å². The first-order chi connectivity index (χ1) is 8.47. The Labute approximate surface area is 114 Å². The third-order valence-corrected chi connectivity index (χ3v) is 4.11. The summed E-state index contributed by atoms with van der Waals surface area (Å²) in [4.78, 5) is 4.18. The van der Waals surface area contributed by atoms with Gasteiger partial charge < -0.3 is 0 Å². The van der Waals surface area contributed by atoms with Crippen LogP contribution in [0.4, 0.5) is 5.82 Å². The first kappa shape index (κ1) is 13.0. The van der Waals surface area contributed by atoms with Gasteiger partial charge in [0.25, 0.3) is 10.0 Å². The van der Waals surface area contributed by atoms with Crippen molar-refractivity contribution in [1.82, 2.24) is 4.98 Å². The summed E-state index contributed by atoms with van der Waals surface area (Å²) in [5, 5.41) is 0. The summed E-state index contributed by atoms with van der Waals surface area (Å²) in [7, 11) is -3.59. The molecule has 0 aliphatic rings. The number of anilines is 1. The summed E-state index contributed by atoms with van der Waals surface area (Å²) in [6, 6.07) is 10.0. The predicted octanol–water partition coefficient (Wildman–Crippen LogP) is 2.95. The highest BCUT2D eigenvalue weighted by atomic mass is 79.9. The lowest BCUT2D eigenvalue weighted by molar-refractivity contribution is 0.601. The molecule has 0 radical (unpaired) electrons. The number of sulfonamides is 1. The first-order valence-corrected chi connectivity index (χ1v) is 7.46. The van der Waals surface area contributed by atoms with Crippen molar-refractivity contribution in [1.29, 1.82) is 0 Å². The molecule has 4 nitrogen and oxygen atoms in total. The largest absolute Gasteiger partial charge is 0.263 e. The van der Waals surface area contributed by atoms with E-state index in [2.05, 4.69) is 25.6 Å². The molecule has 1 aromatic heterocycles. The van der Waals surface area contributed by atoms with Crippen molar-refractivity contribution in [2.24, 2.45) is 0 Å². The quantitative estimate of drug-likeness (QED) is 0.943. The van der Waals surface area contributed by atoms with Crippen LogP contribution in [0.15, 0.2) is 52.0 Å². The minimum Gasteiger partial charge on any atom is -0.263 e. The van der Waals surface area contributed by atoms with E-state index in [1.165, 1.54) is 6.20 Å². The Kier molecular flexibility index (Phi) is 3.68.